The molecule has 0 radical (unpaired) electrons. The number of carbonyl (C=O) groups excluding carboxylic acids is 2. The SMILES string of the molecule is CC(C)(C)OC(=O)N1CCC(C(=O)CC2CCCCC2)C1. The van der Waals surface area contributed by atoms with Gasteiger partial charge in [0.05, 0.1) is 0 Å². The number of hydrogen-bond donors (Lipinski definition) is 0. The topological polar surface area (TPSA) is 46.6 Å². The highest BCUT2D eigenvalue weighted by molar-refractivity contribution is 5.82. The Hall–Kier alpha value is -1.06. The van der Waals surface area contributed by atoms with Crippen LogP contribution in [0.25, 0.3) is 0 Å². The second-order valence-electron chi connectivity index (χ2n) is 7.59. The predicted octanol–water partition coefficient (Wildman–Crippen LogP) is 3.78. The monoisotopic (exact) mass is 295 g/mol. The van der Waals surface area contributed by atoms with Crippen LogP contribution in [0.3, 0.4) is 0 Å². The average Bonchev–Trinajstić information content (AvgIpc) is 2.87. The van der Waals surface area contributed by atoms with Gasteiger partial charge in [0.15, 0.2) is 0 Å². The smallest absolute Gasteiger partial charge is 0.410 e. The summed E-state index contributed by atoms with van der Waals surface area (Å²) in [7, 11) is 0. The van der Waals surface area contributed by atoms with Gasteiger partial charge in [-0.1, -0.05) is 32.1 Å². The van der Waals surface area contributed by atoms with Crippen LogP contribution in [0.15, 0.2) is 0 Å². The van der Waals surface area contributed by atoms with Gasteiger partial charge in [-0.2, -0.15) is 0 Å². The van der Waals surface area contributed by atoms with Crippen LogP contribution in [-0.2, 0) is 9.53 Å². The molecule has 1 amide bonds. The summed E-state index contributed by atoms with van der Waals surface area (Å²) in [5.41, 5.74) is -0.471. The Kier molecular flexibility index (Phi) is 5.28. The first kappa shape index (κ1) is 16.3. The number of nitrogens with zero attached hydrogens (tertiary/aromatic N) is 1. The van der Waals surface area contributed by atoms with Crippen molar-refractivity contribution in [3.05, 3.63) is 0 Å². The van der Waals surface area contributed by atoms with Crippen LogP contribution in [0.4, 0.5) is 4.79 Å². The van der Waals surface area contributed by atoms with E-state index in [0.717, 1.165) is 6.42 Å². The molecule has 1 aliphatic carbocycles. The number of hydrogen-bond acceptors (Lipinski definition) is 3. The van der Waals surface area contributed by atoms with Crippen LogP contribution in [0.2, 0.25) is 0 Å². The lowest BCUT2D eigenvalue weighted by molar-refractivity contribution is -0.123. The van der Waals surface area contributed by atoms with E-state index in [4.69, 9.17) is 4.74 Å². The van der Waals surface area contributed by atoms with Gasteiger partial charge in [-0.3, -0.25) is 4.79 Å². The molecule has 0 aromatic heterocycles. The molecule has 0 spiro atoms. The van der Waals surface area contributed by atoms with Crippen molar-refractivity contribution in [2.24, 2.45) is 11.8 Å². The fraction of sp³-hybridized carbons (Fsp3) is 0.882. The highest BCUT2D eigenvalue weighted by Gasteiger charge is 2.34. The number of Topliss-reactive ketones (excluding diaryl/α,β-unsaturated/α-hetero) is 1. The van der Waals surface area contributed by atoms with Crippen LogP contribution in [0, 0.1) is 11.8 Å². The molecule has 21 heavy (non-hydrogen) atoms. The van der Waals surface area contributed by atoms with Gasteiger partial charge in [0.1, 0.15) is 11.4 Å². The van der Waals surface area contributed by atoms with Gasteiger partial charge in [0.25, 0.3) is 0 Å². The minimum absolute atomic E-state index is 0.0273. The predicted molar refractivity (Wildman–Crippen MR) is 82.1 cm³/mol. The van der Waals surface area contributed by atoms with Gasteiger partial charge < -0.3 is 9.64 Å². The normalized spacial score (nSPS) is 24.1. The maximum atomic E-state index is 12.4. The molecule has 4 nitrogen and oxygen atoms in total. The second-order valence-corrected chi connectivity index (χ2v) is 7.59. The molecule has 4 heteroatoms. The summed E-state index contributed by atoms with van der Waals surface area (Å²) in [4.78, 5) is 26.1. The van der Waals surface area contributed by atoms with Gasteiger partial charge in [-0.25, -0.2) is 4.79 Å². The minimum Gasteiger partial charge on any atom is -0.444 e. The molecular formula is C17H29NO3. The van der Waals surface area contributed by atoms with Gasteiger partial charge >= 0.3 is 6.09 Å². The van der Waals surface area contributed by atoms with Crippen LogP contribution >= 0.6 is 0 Å². The van der Waals surface area contributed by atoms with E-state index >= 15 is 0 Å². The van der Waals surface area contributed by atoms with Crippen molar-refractivity contribution >= 4 is 11.9 Å². The third-order valence-electron chi connectivity index (χ3n) is 4.51. The zero-order valence-electron chi connectivity index (χ0n) is 13.7. The molecule has 1 atom stereocenters. The summed E-state index contributed by atoms with van der Waals surface area (Å²) in [6.45, 7) is 6.79. The van der Waals surface area contributed by atoms with E-state index in [1.54, 1.807) is 4.90 Å². The molecule has 1 saturated heterocycles. The summed E-state index contributed by atoms with van der Waals surface area (Å²) in [5, 5.41) is 0. The molecule has 1 unspecified atom stereocenters. The number of ketones is 1. The lowest BCUT2D eigenvalue weighted by Crippen LogP contribution is -2.36. The van der Waals surface area contributed by atoms with Gasteiger partial charge in [-0.15, -0.1) is 0 Å². The number of likely N-dealkylation sites (tertiary alicyclic amines) is 1. The third-order valence-corrected chi connectivity index (χ3v) is 4.51. The van der Waals surface area contributed by atoms with Crippen LogP contribution < -0.4 is 0 Å². The van der Waals surface area contributed by atoms with Crippen molar-refractivity contribution in [1.29, 1.82) is 0 Å². The molecule has 0 bridgehead atoms. The zero-order valence-corrected chi connectivity index (χ0v) is 13.7. The Labute approximate surface area is 128 Å². The standard InChI is InChI=1S/C17H29NO3/c1-17(2,3)21-16(20)18-10-9-14(12-18)15(19)11-13-7-5-4-6-8-13/h13-14H,4-12H2,1-3H3. The van der Waals surface area contributed by atoms with E-state index in [1.807, 2.05) is 20.8 Å². The van der Waals surface area contributed by atoms with Crippen molar-refractivity contribution in [1.82, 2.24) is 4.90 Å². The maximum absolute atomic E-state index is 12.4. The number of carbonyl (C=O) groups is 2. The van der Waals surface area contributed by atoms with E-state index in [0.29, 0.717) is 31.2 Å². The molecule has 1 heterocycles. The Balaban J connectivity index is 1.78. The average molecular weight is 295 g/mol. The van der Waals surface area contributed by atoms with E-state index < -0.39 is 5.60 Å². The van der Waals surface area contributed by atoms with E-state index in [1.165, 1.54) is 32.1 Å². The zero-order chi connectivity index (χ0) is 15.5. The molecule has 1 aliphatic heterocycles. The van der Waals surface area contributed by atoms with Crippen molar-refractivity contribution in [2.45, 2.75) is 71.3 Å². The fourth-order valence-corrected chi connectivity index (χ4v) is 3.36. The molecule has 0 N–H and O–H groups in total. The van der Waals surface area contributed by atoms with Gasteiger partial charge in [0, 0.05) is 25.4 Å². The Morgan fingerprint density at radius 1 is 1.10 bits per heavy atom. The molecule has 2 aliphatic rings. The lowest BCUT2D eigenvalue weighted by atomic mass is 9.83. The van der Waals surface area contributed by atoms with E-state index in [-0.39, 0.29) is 12.0 Å². The largest absolute Gasteiger partial charge is 0.444 e. The highest BCUT2D eigenvalue weighted by atomic mass is 16.6. The van der Waals surface area contributed by atoms with Crippen molar-refractivity contribution < 1.29 is 14.3 Å². The number of amides is 1. The van der Waals surface area contributed by atoms with Crippen LogP contribution in [-0.4, -0.2) is 35.5 Å². The van der Waals surface area contributed by atoms with E-state index in [2.05, 4.69) is 0 Å². The molecule has 2 fully saturated rings. The van der Waals surface area contributed by atoms with Crippen molar-refractivity contribution in [3.63, 3.8) is 0 Å². The van der Waals surface area contributed by atoms with Gasteiger partial charge in [0.2, 0.25) is 0 Å². The summed E-state index contributed by atoms with van der Waals surface area (Å²) in [6.07, 6.45) is 7.50. The highest BCUT2D eigenvalue weighted by Crippen LogP contribution is 2.29. The Morgan fingerprint density at radius 3 is 2.38 bits per heavy atom. The Bertz CT molecular complexity index is 380. The molecule has 1 saturated carbocycles. The first-order valence-electron chi connectivity index (χ1n) is 8.36. The molecule has 2 rings (SSSR count). The van der Waals surface area contributed by atoms with Crippen LogP contribution in [0.5, 0.6) is 0 Å². The first-order chi connectivity index (χ1) is 9.85. The summed E-state index contributed by atoms with van der Waals surface area (Å²) >= 11 is 0. The Morgan fingerprint density at radius 2 is 1.76 bits per heavy atom. The number of ether oxygens (including phenoxy) is 1. The molecular weight excluding hydrogens is 266 g/mol. The van der Waals surface area contributed by atoms with Gasteiger partial charge in [-0.05, 0) is 33.1 Å². The fourth-order valence-electron chi connectivity index (χ4n) is 3.36. The molecule has 0 aromatic rings. The maximum Gasteiger partial charge on any atom is 0.410 e. The summed E-state index contributed by atoms with van der Waals surface area (Å²) < 4.78 is 5.38. The van der Waals surface area contributed by atoms with Crippen molar-refractivity contribution in [2.75, 3.05) is 13.1 Å². The molecule has 0 aromatic carbocycles. The van der Waals surface area contributed by atoms with E-state index in [9.17, 15) is 9.59 Å². The quantitative estimate of drug-likeness (QED) is 0.796. The number of rotatable bonds is 3. The van der Waals surface area contributed by atoms with Crippen LogP contribution in [0.1, 0.15) is 65.7 Å². The summed E-state index contributed by atoms with van der Waals surface area (Å²) in [6, 6.07) is 0. The first-order valence-corrected chi connectivity index (χ1v) is 8.36. The lowest BCUT2D eigenvalue weighted by Gasteiger charge is -2.24. The third kappa shape index (κ3) is 5.01. The summed E-state index contributed by atoms with van der Waals surface area (Å²) in [5.74, 6) is 0.967. The molecule has 120 valence electrons. The van der Waals surface area contributed by atoms with Crippen molar-refractivity contribution in [3.8, 4) is 0 Å². The minimum atomic E-state index is -0.471. The second kappa shape index (κ2) is 6.80.